The van der Waals surface area contributed by atoms with E-state index in [-0.39, 0.29) is 5.66 Å². The van der Waals surface area contributed by atoms with Crippen molar-refractivity contribution in [3.8, 4) is 0 Å². The van der Waals surface area contributed by atoms with Crippen molar-refractivity contribution in [2.45, 2.75) is 44.7 Å². The highest BCUT2D eigenvalue weighted by Crippen LogP contribution is 2.17. The molecule has 1 aromatic heterocycles. The van der Waals surface area contributed by atoms with Crippen LogP contribution < -0.4 is 11.0 Å². The lowest BCUT2D eigenvalue weighted by Crippen LogP contribution is -2.33. The van der Waals surface area contributed by atoms with Crippen LogP contribution in [-0.2, 0) is 6.54 Å². The summed E-state index contributed by atoms with van der Waals surface area (Å²) in [4.78, 5) is 0. The third-order valence-corrected chi connectivity index (χ3v) is 3.17. The Hall–Kier alpha value is -0.835. The second kappa shape index (κ2) is 5.48. The normalized spacial score (nSPS) is 17.6. The molecular formula is C11H16BF2NO. The summed E-state index contributed by atoms with van der Waals surface area (Å²) < 4.78 is 29.8. The molecule has 5 heteroatoms. The smallest absolute Gasteiger partial charge is 0.472 e. The molecule has 0 aromatic carbocycles. The largest absolute Gasteiger partial charge is 0.608 e. The van der Waals surface area contributed by atoms with Crippen molar-refractivity contribution in [2.75, 3.05) is 0 Å². The maximum absolute atomic E-state index is 12.5. The molecule has 2 rings (SSSR count). The highest BCUT2D eigenvalue weighted by Gasteiger charge is 2.24. The van der Waals surface area contributed by atoms with E-state index in [0.717, 1.165) is 12.8 Å². The second-order valence-corrected chi connectivity index (χ2v) is 4.33. The zero-order valence-electron chi connectivity index (χ0n) is 9.22. The Balaban J connectivity index is 1.86. The topological polar surface area (TPSA) is 25.2 Å². The third-order valence-electron chi connectivity index (χ3n) is 3.17. The Labute approximate surface area is 94.6 Å². The van der Waals surface area contributed by atoms with Gasteiger partial charge in [-0.15, -0.1) is 0 Å². The van der Waals surface area contributed by atoms with Gasteiger partial charge in [-0.1, -0.05) is 19.3 Å². The van der Waals surface area contributed by atoms with E-state index >= 15 is 0 Å². The molecule has 0 atom stereocenters. The number of hydrogen-bond acceptors (Lipinski definition) is 2. The molecule has 1 fully saturated rings. The third kappa shape index (κ3) is 2.85. The fourth-order valence-corrected chi connectivity index (χ4v) is 2.25. The van der Waals surface area contributed by atoms with Crippen LogP contribution in [0.3, 0.4) is 0 Å². The van der Waals surface area contributed by atoms with E-state index in [1.54, 1.807) is 6.07 Å². The monoisotopic (exact) mass is 227 g/mol. The first-order valence-electron chi connectivity index (χ1n) is 5.85. The standard InChI is InChI=1S/C11H16BF2NO/c13-12(14)11-9(6-7-16-11)8-15-10-4-2-1-3-5-10/h6-7,10,15H,1-5,8H2. The number of hydrogen-bond donors (Lipinski definition) is 1. The molecule has 1 heterocycles. The molecule has 0 aliphatic heterocycles. The summed E-state index contributed by atoms with van der Waals surface area (Å²) in [6.07, 6.45) is 7.42. The molecule has 0 bridgehead atoms. The first kappa shape index (κ1) is 11.6. The molecule has 0 spiro atoms. The van der Waals surface area contributed by atoms with Crippen LogP contribution in [0.2, 0.25) is 0 Å². The van der Waals surface area contributed by atoms with Gasteiger partial charge in [0, 0.05) is 18.2 Å². The van der Waals surface area contributed by atoms with E-state index in [1.165, 1.54) is 25.5 Å². The molecule has 0 unspecified atom stereocenters. The van der Waals surface area contributed by atoms with Crippen LogP contribution in [-0.4, -0.2) is 13.3 Å². The predicted octanol–water partition coefficient (Wildman–Crippen LogP) is 2.34. The van der Waals surface area contributed by atoms with Gasteiger partial charge in [0.15, 0.2) is 0 Å². The lowest BCUT2D eigenvalue weighted by atomic mass is 9.90. The highest BCUT2D eigenvalue weighted by atomic mass is 19.2. The van der Waals surface area contributed by atoms with Crippen LogP contribution in [0.1, 0.15) is 37.7 Å². The van der Waals surface area contributed by atoms with Crippen molar-refractivity contribution in [1.82, 2.24) is 5.32 Å². The Bertz CT molecular complexity index is 324. The molecule has 16 heavy (non-hydrogen) atoms. The van der Waals surface area contributed by atoms with Crippen molar-refractivity contribution >= 4 is 12.9 Å². The molecule has 0 amide bonds. The van der Waals surface area contributed by atoms with Crippen molar-refractivity contribution in [3.05, 3.63) is 17.9 Å². The first-order chi connectivity index (χ1) is 7.77. The average Bonchev–Trinajstić information content (AvgIpc) is 2.76. The maximum Gasteiger partial charge on any atom is 0.608 e. The molecule has 0 radical (unpaired) electrons. The van der Waals surface area contributed by atoms with E-state index in [4.69, 9.17) is 4.42 Å². The van der Waals surface area contributed by atoms with Gasteiger partial charge in [0.2, 0.25) is 0 Å². The Kier molecular flexibility index (Phi) is 3.99. The van der Waals surface area contributed by atoms with Crippen molar-refractivity contribution in [2.24, 2.45) is 0 Å². The van der Waals surface area contributed by atoms with Crippen molar-refractivity contribution < 1.29 is 13.0 Å². The second-order valence-electron chi connectivity index (χ2n) is 4.33. The zero-order valence-corrected chi connectivity index (χ0v) is 9.22. The first-order valence-corrected chi connectivity index (χ1v) is 5.85. The number of furan rings is 1. The Morgan fingerprint density at radius 1 is 1.31 bits per heavy atom. The van der Waals surface area contributed by atoms with Gasteiger partial charge in [0.05, 0.1) is 6.26 Å². The molecule has 1 N–H and O–H groups in total. The van der Waals surface area contributed by atoms with Gasteiger partial charge in [0.1, 0.15) is 5.66 Å². The van der Waals surface area contributed by atoms with Gasteiger partial charge in [-0.2, -0.15) is 0 Å². The lowest BCUT2D eigenvalue weighted by Gasteiger charge is -2.22. The fourth-order valence-electron chi connectivity index (χ4n) is 2.25. The zero-order chi connectivity index (χ0) is 11.4. The van der Waals surface area contributed by atoms with Crippen LogP contribution in [0.4, 0.5) is 8.63 Å². The van der Waals surface area contributed by atoms with Gasteiger partial charge in [-0.05, 0) is 18.9 Å². The molecule has 1 saturated carbocycles. The summed E-state index contributed by atoms with van der Waals surface area (Å²) in [5.74, 6) is 0. The average molecular weight is 227 g/mol. The van der Waals surface area contributed by atoms with Gasteiger partial charge in [0.25, 0.3) is 0 Å². The summed E-state index contributed by atoms with van der Waals surface area (Å²) in [7, 11) is -2.52. The van der Waals surface area contributed by atoms with Crippen LogP contribution in [0, 0.1) is 0 Å². The molecule has 1 aliphatic carbocycles. The Morgan fingerprint density at radius 3 is 2.75 bits per heavy atom. The number of nitrogens with one attached hydrogen (secondary N) is 1. The Morgan fingerprint density at radius 2 is 2.06 bits per heavy atom. The van der Waals surface area contributed by atoms with Crippen LogP contribution in [0.15, 0.2) is 16.7 Å². The molecular weight excluding hydrogens is 211 g/mol. The van der Waals surface area contributed by atoms with E-state index in [0.29, 0.717) is 18.2 Å². The summed E-state index contributed by atoms with van der Waals surface area (Å²) in [6, 6.07) is 2.10. The van der Waals surface area contributed by atoms with E-state index in [2.05, 4.69) is 5.32 Å². The van der Waals surface area contributed by atoms with Gasteiger partial charge >= 0.3 is 7.27 Å². The minimum atomic E-state index is -2.52. The number of rotatable bonds is 4. The quantitative estimate of drug-likeness (QED) is 0.798. The lowest BCUT2D eigenvalue weighted by molar-refractivity contribution is 0.372. The van der Waals surface area contributed by atoms with Crippen LogP contribution in [0.5, 0.6) is 0 Å². The van der Waals surface area contributed by atoms with E-state index < -0.39 is 7.27 Å². The summed E-state index contributed by atoms with van der Waals surface area (Å²) in [6.45, 7) is 0.487. The van der Waals surface area contributed by atoms with Crippen molar-refractivity contribution in [3.63, 3.8) is 0 Å². The molecule has 0 saturated heterocycles. The van der Waals surface area contributed by atoms with Gasteiger partial charge in [-0.25, -0.2) is 0 Å². The van der Waals surface area contributed by atoms with Gasteiger partial charge in [-0.3, -0.25) is 8.63 Å². The van der Waals surface area contributed by atoms with Crippen molar-refractivity contribution in [1.29, 1.82) is 0 Å². The number of halogens is 2. The molecule has 88 valence electrons. The van der Waals surface area contributed by atoms with Crippen LogP contribution in [0.25, 0.3) is 0 Å². The molecule has 1 aliphatic rings. The maximum atomic E-state index is 12.5. The molecule has 2 nitrogen and oxygen atoms in total. The van der Waals surface area contributed by atoms with Crippen LogP contribution >= 0.6 is 0 Å². The fraction of sp³-hybridized carbons (Fsp3) is 0.636. The predicted molar refractivity (Wildman–Crippen MR) is 60.0 cm³/mol. The molecule has 1 aromatic rings. The minimum absolute atomic E-state index is 0.191. The summed E-state index contributed by atoms with van der Waals surface area (Å²) >= 11 is 0. The summed E-state index contributed by atoms with van der Waals surface area (Å²) in [5, 5.41) is 3.33. The summed E-state index contributed by atoms with van der Waals surface area (Å²) in [5.41, 5.74) is 0.392. The minimum Gasteiger partial charge on any atom is -0.472 e. The van der Waals surface area contributed by atoms with Gasteiger partial charge < -0.3 is 9.73 Å². The SMILES string of the molecule is FB(F)c1occc1CNC1CCCCC1. The van der Waals surface area contributed by atoms with E-state index in [9.17, 15) is 8.63 Å². The van der Waals surface area contributed by atoms with E-state index in [1.807, 2.05) is 0 Å². The highest BCUT2D eigenvalue weighted by molar-refractivity contribution is 6.58.